The van der Waals surface area contributed by atoms with Gasteiger partial charge in [0, 0.05) is 25.3 Å². The number of halogens is 3. The van der Waals surface area contributed by atoms with Gasteiger partial charge in [-0.1, -0.05) is 6.07 Å². The van der Waals surface area contributed by atoms with E-state index in [-0.39, 0.29) is 12.8 Å². The van der Waals surface area contributed by atoms with Crippen molar-refractivity contribution in [1.29, 1.82) is 0 Å². The fourth-order valence-corrected chi connectivity index (χ4v) is 2.73. The van der Waals surface area contributed by atoms with Crippen molar-refractivity contribution in [2.24, 2.45) is 5.92 Å². The third-order valence-corrected chi connectivity index (χ3v) is 4.02. The van der Waals surface area contributed by atoms with Crippen molar-refractivity contribution in [3.8, 4) is 0 Å². The molecule has 0 aliphatic carbocycles. The highest BCUT2D eigenvalue weighted by molar-refractivity contribution is 5.51. The highest BCUT2D eigenvalue weighted by Gasteiger charge is 2.41. The molecule has 0 radical (unpaired) electrons. The Morgan fingerprint density at radius 2 is 1.90 bits per heavy atom. The molecule has 112 valence electrons. The van der Waals surface area contributed by atoms with E-state index in [4.69, 9.17) is 0 Å². The lowest BCUT2D eigenvalue weighted by Gasteiger charge is -2.34. The maximum atomic E-state index is 12.6. The van der Waals surface area contributed by atoms with Crippen LogP contribution in [0.4, 0.5) is 18.9 Å². The minimum absolute atomic E-state index is 0.195. The van der Waals surface area contributed by atoms with E-state index in [1.165, 1.54) is 11.1 Å². The lowest BCUT2D eigenvalue weighted by molar-refractivity contribution is -0.179. The van der Waals surface area contributed by atoms with Gasteiger partial charge in [-0.05, 0) is 50.1 Å². The van der Waals surface area contributed by atoms with Gasteiger partial charge in [-0.2, -0.15) is 13.2 Å². The Bertz CT molecular complexity index is 449. The van der Waals surface area contributed by atoms with Crippen molar-refractivity contribution < 1.29 is 13.2 Å². The van der Waals surface area contributed by atoms with E-state index >= 15 is 0 Å². The lowest BCUT2D eigenvalue weighted by atomic mass is 9.95. The lowest BCUT2D eigenvalue weighted by Crippen LogP contribution is -2.39. The minimum atomic E-state index is -4.04. The van der Waals surface area contributed by atoms with Gasteiger partial charge in [-0.25, -0.2) is 0 Å². The van der Waals surface area contributed by atoms with E-state index in [1.807, 2.05) is 20.0 Å². The first-order chi connectivity index (χ1) is 9.41. The van der Waals surface area contributed by atoms with Gasteiger partial charge in [0.25, 0.3) is 0 Å². The molecule has 0 aromatic heterocycles. The Kier molecular flexibility index (Phi) is 4.58. The number of benzene rings is 1. The molecule has 2 nitrogen and oxygen atoms in total. The number of nitrogens with one attached hydrogen (secondary N) is 1. The molecule has 1 N–H and O–H groups in total. The zero-order valence-corrected chi connectivity index (χ0v) is 11.9. The number of nitrogens with zero attached hydrogens (tertiary/aromatic N) is 1. The third-order valence-electron chi connectivity index (χ3n) is 4.02. The average Bonchev–Trinajstić information content (AvgIpc) is 2.40. The van der Waals surface area contributed by atoms with Crippen LogP contribution in [-0.4, -0.2) is 26.3 Å². The molecule has 0 bridgehead atoms. The van der Waals surface area contributed by atoms with Crippen LogP contribution < -0.4 is 10.2 Å². The SMILES string of the molecule is CNCc1ccc(N2CCC(C(F)(F)F)CC2)cc1C. The second-order valence-electron chi connectivity index (χ2n) is 5.44. The zero-order valence-electron chi connectivity index (χ0n) is 11.9. The monoisotopic (exact) mass is 286 g/mol. The number of aryl methyl sites for hydroxylation is 1. The van der Waals surface area contributed by atoms with E-state index in [0.717, 1.165) is 12.2 Å². The standard InChI is InChI=1S/C15H21F3N2/c1-11-9-14(4-3-12(11)10-19-2)20-7-5-13(6-8-20)15(16,17)18/h3-4,9,13,19H,5-8,10H2,1-2H3. The summed E-state index contributed by atoms with van der Waals surface area (Å²) in [7, 11) is 1.90. The Hall–Kier alpha value is -1.23. The summed E-state index contributed by atoms with van der Waals surface area (Å²) < 4.78 is 37.9. The second-order valence-corrected chi connectivity index (χ2v) is 5.44. The summed E-state index contributed by atoms with van der Waals surface area (Å²) in [6.45, 7) is 3.81. The van der Waals surface area contributed by atoms with E-state index < -0.39 is 12.1 Å². The molecule has 1 saturated heterocycles. The molecule has 0 saturated carbocycles. The molecule has 0 amide bonds. The Morgan fingerprint density at radius 1 is 1.25 bits per heavy atom. The average molecular weight is 286 g/mol. The maximum absolute atomic E-state index is 12.6. The Labute approximate surface area is 118 Å². The molecule has 1 heterocycles. The van der Waals surface area contributed by atoms with Crippen LogP contribution in [0.5, 0.6) is 0 Å². The molecule has 5 heteroatoms. The van der Waals surface area contributed by atoms with Crippen molar-refractivity contribution in [3.05, 3.63) is 29.3 Å². The Morgan fingerprint density at radius 3 is 2.40 bits per heavy atom. The highest BCUT2D eigenvalue weighted by Crippen LogP contribution is 2.35. The summed E-state index contributed by atoms with van der Waals surface area (Å²) in [5.74, 6) is -1.14. The van der Waals surface area contributed by atoms with E-state index in [2.05, 4.69) is 22.3 Å². The summed E-state index contributed by atoms with van der Waals surface area (Å²) >= 11 is 0. The van der Waals surface area contributed by atoms with Crippen LogP contribution in [0.2, 0.25) is 0 Å². The van der Waals surface area contributed by atoms with E-state index in [1.54, 1.807) is 0 Å². The van der Waals surface area contributed by atoms with Crippen LogP contribution in [0.15, 0.2) is 18.2 Å². The van der Waals surface area contributed by atoms with Gasteiger partial charge in [0.15, 0.2) is 0 Å². The van der Waals surface area contributed by atoms with Crippen molar-refractivity contribution in [2.45, 2.75) is 32.5 Å². The molecular formula is C15H21F3N2. The second kappa shape index (κ2) is 6.04. The molecule has 0 unspecified atom stereocenters. The Balaban J connectivity index is 2.02. The third kappa shape index (κ3) is 3.45. The highest BCUT2D eigenvalue weighted by atomic mass is 19.4. The predicted octanol–water partition coefficient (Wildman–Crippen LogP) is 3.49. The number of piperidine rings is 1. The van der Waals surface area contributed by atoms with Gasteiger partial charge in [0.05, 0.1) is 5.92 Å². The minimum Gasteiger partial charge on any atom is -0.371 e. The molecule has 1 aromatic carbocycles. The topological polar surface area (TPSA) is 15.3 Å². The molecule has 1 fully saturated rings. The first-order valence-corrected chi connectivity index (χ1v) is 6.97. The number of alkyl halides is 3. The predicted molar refractivity (Wildman–Crippen MR) is 74.9 cm³/mol. The fraction of sp³-hybridized carbons (Fsp3) is 0.600. The largest absolute Gasteiger partial charge is 0.391 e. The first kappa shape index (κ1) is 15.2. The van der Waals surface area contributed by atoms with Gasteiger partial charge in [-0.15, -0.1) is 0 Å². The van der Waals surface area contributed by atoms with Crippen LogP contribution in [0.1, 0.15) is 24.0 Å². The van der Waals surface area contributed by atoms with Gasteiger partial charge < -0.3 is 10.2 Å². The smallest absolute Gasteiger partial charge is 0.371 e. The fourth-order valence-electron chi connectivity index (χ4n) is 2.73. The number of rotatable bonds is 3. The van der Waals surface area contributed by atoms with Crippen molar-refractivity contribution in [3.63, 3.8) is 0 Å². The van der Waals surface area contributed by atoms with Crippen LogP contribution in [0.3, 0.4) is 0 Å². The molecule has 1 aromatic rings. The quantitative estimate of drug-likeness (QED) is 0.915. The van der Waals surface area contributed by atoms with Gasteiger partial charge in [-0.3, -0.25) is 0 Å². The number of anilines is 1. The molecule has 0 spiro atoms. The summed E-state index contributed by atoms with van der Waals surface area (Å²) in [6, 6.07) is 6.13. The van der Waals surface area contributed by atoms with Gasteiger partial charge in [0.1, 0.15) is 0 Å². The van der Waals surface area contributed by atoms with Crippen molar-refractivity contribution in [2.75, 3.05) is 25.0 Å². The zero-order chi connectivity index (χ0) is 14.8. The molecular weight excluding hydrogens is 265 g/mol. The number of hydrogen-bond donors (Lipinski definition) is 1. The molecule has 1 aliphatic rings. The van der Waals surface area contributed by atoms with Crippen LogP contribution in [0, 0.1) is 12.8 Å². The van der Waals surface area contributed by atoms with Gasteiger partial charge in [0.2, 0.25) is 0 Å². The van der Waals surface area contributed by atoms with E-state index in [9.17, 15) is 13.2 Å². The number of hydrogen-bond acceptors (Lipinski definition) is 2. The summed E-state index contributed by atoms with van der Waals surface area (Å²) in [5, 5.41) is 3.11. The van der Waals surface area contributed by atoms with Crippen molar-refractivity contribution >= 4 is 5.69 Å². The molecule has 2 rings (SSSR count). The van der Waals surface area contributed by atoms with Crippen LogP contribution in [0.25, 0.3) is 0 Å². The van der Waals surface area contributed by atoms with Gasteiger partial charge >= 0.3 is 6.18 Å². The molecule has 1 aliphatic heterocycles. The molecule has 20 heavy (non-hydrogen) atoms. The van der Waals surface area contributed by atoms with Crippen molar-refractivity contribution in [1.82, 2.24) is 5.32 Å². The van der Waals surface area contributed by atoms with E-state index in [0.29, 0.717) is 13.1 Å². The maximum Gasteiger partial charge on any atom is 0.391 e. The normalized spacial score (nSPS) is 17.6. The first-order valence-electron chi connectivity index (χ1n) is 6.97. The van der Waals surface area contributed by atoms with Crippen LogP contribution >= 0.6 is 0 Å². The molecule has 0 atom stereocenters. The summed E-state index contributed by atoms with van der Waals surface area (Å²) in [4.78, 5) is 2.05. The summed E-state index contributed by atoms with van der Waals surface area (Å²) in [6.07, 6.45) is -3.65. The summed E-state index contributed by atoms with van der Waals surface area (Å²) in [5.41, 5.74) is 3.43. The van der Waals surface area contributed by atoms with Crippen LogP contribution in [-0.2, 0) is 6.54 Å².